The highest BCUT2D eigenvalue weighted by molar-refractivity contribution is 6.04. The van der Waals surface area contributed by atoms with Crippen molar-refractivity contribution < 1.29 is 9.72 Å². The number of carbonyl (C=O) groups is 1. The fourth-order valence-electron chi connectivity index (χ4n) is 3.42. The van der Waals surface area contributed by atoms with E-state index in [1.807, 2.05) is 52.0 Å². The lowest BCUT2D eigenvalue weighted by atomic mass is 9.92. The third-order valence-corrected chi connectivity index (χ3v) is 5.31. The molecule has 0 saturated heterocycles. The molecule has 9 nitrogen and oxygen atoms in total. The van der Waals surface area contributed by atoms with Crippen molar-refractivity contribution in [3.8, 4) is 0 Å². The Balaban J connectivity index is 1.90. The van der Waals surface area contributed by atoms with E-state index in [-0.39, 0.29) is 28.2 Å². The fourth-order valence-corrected chi connectivity index (χ4v) is 3.42. The predicted octanol–water partition coefficient (Wildman–Crippen LogP) is 5.66. The lowest BCUT2D eigenvalue weighted by Crippen LogP contribution is -2.27. The highest BCUT2D eigenvalue weighted by Gasteiger charge is 2.27. The number of benzene rings is 1. The molecule has 9 heteroatoms. The second-order valence-electron chi connectivity index (χ2n) is 10.3. The van der Waals surface area contributed by atoms with Crippen molar-refractivity contribution in [2.24, 2.45) is 0 Å². The summed E-state index contributed by atoms with van der Waals surface area (Å²) in [6, 6.07) is 11.5. The SMILES string of the molecule is CC(Nc1ccc(C(=O)Nc2cc(C(C)(C)C)nn2C(C)(C)C)cc1[N+](=O)[O-])c1ccccn1. The first-order chi connectivity index (χ1) is 15.8. The molecule has 0 aliphatic rings. The molecule has 1 atom stereocenters. The molecule has 1 unspecified atom stereocenters. The number of carbonyl (C=O) groups excluding carboxylic acids is 1. The van der Waals surface area contributed by atoms with Gasteiger partial charge in [0, 0.05) is 29.3 Å². The largest absolute Gasteiger partial charge is 0.371 e. The molecule has 0 spiro atoms. The maximum Gasteiger partial charge on any atom is 0.293 e. The number of amides is 1. The Morgan fingerprint density at radius 3 is 2.35 bits per heavy atom. The summed E-state index contributed by atoms with van der Waals surface area (Å²) in [5.74, 6) is 0.0920. The first kappa shape index (κ1) is 24.9. The van der Waals surface area contributed by atoms with E-state index in [4.69, 9.17) is 5.10 Å². The zero-order chi connectivity index (χ0) is 25.3. The summed E-state index contributed by atoms with van der Waals surface area (Å²) in [6.45, 7) is 14.0. The molecular weight excluding hydrogens is 432 g/mol. The zero-order valence-corrected chi connectivity index (χ0v) is 20.7. The molecule has 0 saturated carbocycles. The van der Waals surface area contributed by atoms with Crippen molar-refractivity contribution in [3.05, 3.63) is 75.7 Å². The Kier molecular flexibility index (Phi) is 6.77. The topological polar surface area (TPSA) is 115 Å². The van der Waals surface area contributed by atoms with E-state index < -0.39 is 10.8 Å². The molecule has 34 heavy (non-hydrogen) atoms. The summed E-state index contributed by atoms with van der Waals surface area (Å²) in [6.07, 6.45) is 1.67. The number of hydrogen-bond acceptors (Lipinski definition) is 6. The number of nitrogens with one attached hydrogen (secondary N) is 2. The van der Waals surface area contributed by atoms with Gasteiger partial charge in [0.15, 0.2) is 0 Å². The maximum atomic E-state index is 13.1. The van der Waals surface area contributed by atoms with Gasteiger partial charge in [-0.2, -0.15) is 5.10 Å². The summed E-state index contributed by atoms with van der Waals surface area (Å²) in [5, 5.41) is 22.5. The van der Waals surface area contributed by atoms with Gasteiger partial charge in [-0.15, -0.1) is 0 Å². The number of aromatic nitrogens is 3. The number of nitro benzene ring substituents is 1. The van der Waals surface area contributed by atoms with Gasteiger partial charge in [0.2, 0.25) is 0 Å². The minimum absolute atomic E-state index is 0.182. The molecule has 1 aromatic carbocycles. The minimum Gasteiger partial charge on any atom is -0.371 e. The number of nitrogens with zero attached hydrogens (tertiary/aromatic N) is 4. The first-order valence-electron chi connectivity index (χ1n) is 11.2. The number of rotatable bonds is 6. The summed E-state index contributed by atoms with van der Waals surface area (Å²) in [7, 11) is 0. The summed E-state index contributed by atoms with van der Waals surface area (Å²) < 4.78 is 1.77. The molecule has 180 valence electrons. The van der Waals surface area contributed by atoms with Gasteiger partial charge in [-0.1, -0.05) is 26.8 Å². The van der Waals surface area contributed by atoms with E-state index in [2.05, 4.69) is 36.4 Å². The molecule has 0 radical (unpaired) electrons. The van der Waals surface area contributed by atoms with Crippen LogP contribution in [0.4, 0.5) is 17.2 Å². The van der Waals surface area contributed by atoms with E-state index in [1.165, 1.54) is 6.07 Å². The predicted molar refractivity (Wildman–Crippen MR) is 133 cm³/mol. The molecular formula is C25H32N6O3. The molecule has 2 N–H and O–H groups in total. The van der Waals surface area contributed by atoms with E-state index in [9.17, 15) is 14.9 Å². The smallest absolute Gasteiger partial charge is 0.293 e. The van der Waals surface area contributed by atoms with Gasteiger partial charge in [0.25, 0.3) is 11.6 Å². The van der Waals surface area contributed by atoms with Crippen molar-refractivity contribution in [2.45, 2.75) is 65.5 Å². The summed E-state index contributed by atoms with van der Waals surface area (Å²) in [5.41, 5.74) is 1.33. The average Bonchev–Trinajstić information content (AvgIpc) is 3.19. The van der Waals surface area contributed by atoms with Crippen LogP contribution in [-0.4, -0.2) is 25.6 Å². The first-order valence-corrected chi connectivity index (χ1v) is 11.2. The van der Waals surface area contributed by atoms with Gasteiger partial charge in [-0.25, -0.2) is 4.68 Å². The van der Waals surface area contributed by atoms with Crippen LogP contribution in [0.1, 0.15) is 76.3 Å². The molecule has 2 aromatic heterocycles. The summed E-state index contributed by atoms with van der Waals surface area (Å²) >= 11 is 0. The van der Waals surface area contributed by atoms with Crippen LogP contribution in [0, 0.1) is 10.1 Å². The van der Waals surface area contributed by atoms with Gasteiger partial charge in [0.1, 0.15) is 11.5 Å². The highest BCUT2D eigenvalue weighted by Crippen LogP contribution is 2.31. The fraction of sp³-hybridized carbons (Fsp3) is 0.400. The molecule has 0 fully saturated rings. The Bertz CT molecular complexity index is 1190. The van der Waals surface area contributed by atoms with Gasteiger partial charge in [-0.3, -0.25) is 19.9 Å². The lowest BCUT2D eigenvalue weighted by Gasteiger charge is -2.23. The molecule has 3 aromatic rings. The average molecular weight is 465 g/mol. The molecule has 2 heterocycles. The monoisotopic (exact) mass is 464 g/mol. The molecule has 3 rings (SSSR count). The van der Waals surface area contributed by atoms with E-state index >= 15 is 0 Å². The molecule has 1 amide bonds. The van der Waals surface area contributed by atoms with Crippen molar-refractivity contribution in [1.29, 1.82) is 0 Å². The number of hydrogen-bond donors (Lipinski definition) is 2. The lowest BCUT2D eigenvalue weighted by molar-refractivity contribution is -0.384. The Morgan fingerprint density at radius 1 is 1.09 bits per heavy atom. The highest BCUT2D eigenvalue weighted by atomic mass is 16.6. The van der Waals surface area contributed by atoms with Crippen molar-refractivity contribution in [1.82, 2.24) is 14.8 Å². The molecule has 0 bridgehead atoms. The van der Waals surface area contributed by atoms with Crippen LogP contribution < -0.4 is 10.6 Å². The van der Waals surface area contributed by atoms with Crippen molar-refractivity contribution >= 4 is 23.1 Å². The Hall–Kier alpha value is -3.75. The van der Waals surface area contributed by atoms with Gasteiger partial charge in [-0.05, 0) is 52.0 Å². The van der Waals surface area contributed by atoms with E-state index in [0.29, 0.717) is 11.5 Å². The van der Waals surface area contributed by atoms with Crippen LogP contribution in [0.5, 0.6) is 0 Å². The number of anilines is 2. The second kappa shape index (κ2) is 9.24. The van der Waals surface area contributed by atoms with Crippen LogP contribution in [0.2, 0.25) is 0 Å². The van der Waals surface area contributed by atoms with Gasteiger partial charge >= 0.3 is 0 Å². The van der Waals surface area contributed by atoms with Gasteiger partial charge < -0.3 is 10.6 Å². The Labute approximate surface area is 199 Å². The van der Waals surface area contributed by atoms with E-state index in [1.54, 1.807) is 23.0 Å². The number of nitro groups is 1. The van der Waals surface area contributed by atoms with Gasteiger partial charge in [0.05, 0.1) is 27.9 Å². The van der Waals surface area contributed by atoms with Crippen LogP contribution in [-0.2, 0) is 11.0 Å². The third kappa shape index (κ3) is 5.59. The summed E-state index contributed by atoms with van der Waals surface area (Å²) in [4.78, 5) is 28.6. The van der Waals surface area contributed by atoms with Crippen LogP contribution in [0.25, 0.3) is 0 Å². The second-order valence-corrected chi connectivity index (χ2v) is 10.3. The maximum absolute atomic E-state index is 13.1. The van der Waals surface area contributed by atoms with Crippen LogP contribution >= 0.6 is 0 Å². The standard InChI is InChI=1S/C25H32N6O3/c1-16(18-10-8-9-13-26-18)27-19-12-11-17(14-20(19)31(33)34)23(32)28-22-15-21(24(2,3)4)29-30(22)25(5,6)7/h8-16,27H,1-7H3,(H,28,32). The van der Waals surface area contributed by atoms with Crippen LogP contribution in [0.3, 0.4) is 0 Å². The quantitative estimate of drug-likeness (QED) is 0.359. The van der Waals surface area contributed by atoms with Crippen LogP contribution in [0.15, 0.2) is 48.7 Å². The molecule has 0 aliphatic carbocycles. The zero-order valence-electron chi connectivity index (χ0n) is 20.7. The third-order valence-electron chi connectivity index (χ3n) is 5.31. The minimum atomic E-state index is -0.499. The van der Waals surface area contributed by atoms with E-state index in [0.717, 1.165) is 11.4 Å². The Morgan fingerprint density at radius 2 is 1.79 bits per heavy atom. The normalized spacial score (nSPS) is 12.8. The van der Waals surface area contributed by atoms with Crippen molar-refractivity contribution in [3.63, 3.8) is 0 Å². The molecule has 0 aliphatic heterocycles. The van der Waals surface area contributed by atoms with Crippen molar-refractivity contribution in [2.75, 3.05) is 10.6 Å². The number of pyridine rings is 1.